The van der Waals surface area contributed by atoms with E-state index in [4.69, 9.17) is 5.73 Å². The van der Waals surface area contributed by atoms with Gasteiger partial charge < -0.3 is 10.3 Å². The van der Waals surface area contributed by atoms with Crippen molar-refractivity contribution < 1.29 is 0 Å². The predicted molar refractivity (Wildman–Crippen MR) is 65.6 cm³/mol. The number of anilines is 1. The van der Waals surface area contributed by atoms with E-state index in [1.807, 2.05) is 36.7 Å². The largest absolute Gasteiger partial charge is 0.389 e. The van der Waals surface area contributed by atoms with Crippen LogP contribution in [0.25, 0.3) is 15.8 Å². The molecular weight excluding hydrogens is 204 g/mol. The smallest absolute Gasteiger partial charge is 0.111 e. The highest BCUT2D eigenvalue weighted by molar-refractivity contribution is 7.23. The van der Waals surface area contributed by atoms with Crippen molar-refractivity contribution in [1.29, 1.82) is 0 Å². The molecule has 0 fully saturated rings. The maximum Gasteiger partial charge on any atom is 0.111 e. The second-order valence-corrected chi connectivity index (χ2v) is 4.49. The number of nitrogens with two attached hydrogens (primary N) is 1. The van der Waals surface area contributed by atoms with Crippen molar-refractivity contribution in [3.05, 3.63) is 48.8 Å². The molecule has 0 saturated carbocycles. The zero-order chi connectivity index (χ0) is 10.3. The lowest BCUT2D eigenvalue weighted by Crippen LogP contribution is -1.92. The average Bonchev–Trinajstić information content (AvgIpc) is 2.82. The molecule has 2 aromatic heterocycles. The zero-order valence-corrected chi connectivity index (χ0v) is 8.87. The van der Waals surface area contributed by atoms with Gasteiger partial charge in [0, 0.05) is 22.5 Å². The lowest BCUT2D eigenvalue weighted by molar-refractivity contribution is 1.10. The summed E-state index contributed by atoms with van der Waals surface area (Å²) in [7, 11) is 0. The molecule has 0 saturated heterocycles. The van der Waals surface area contributed by atoms with Crippen molar-refractivity contribution in [3.63, 3.8) is 0 Å². The van der Waals surface area contributed by atoms with E-state index in [2.05, 4.69) is 16.7 Å². The summed E-state index contributed by atoms with van der Waals surface area (Å²) in [6.07, 6.45) is 4.04. The van der Waals surface area contributed by atoms with Crippen LogP contribution in [0.3, 0.4) is 0 Å². The van der Waals surface area contributed by atoms with E-state index in [0.29, 0.717) is 0 Å². The molecule has 15 heavy (non-hydrogen) atoms. The first kappa shape index (κ1) is 8.56. The second kappa shape index (κ2) is 3.14. The Labute approximate surface area is 91.6 Å². The molecular formula is C12H10N2S. The van der Waals surface area contributed by atoms with Gasteiger partial charge in [-0.25, -0.2) is 0 Å². The number of fused-ring (bicyclic) bond motifs is 1. The Kier molecular flexibility index (Phi) is 1.79. The average molecular weight is 214 g/mol. The van der Waals surface area contributed by atoms with Crippen LogP contribution in [0.5, 0.6) is 0 Å². The molecule has 0 unspecified atom stereocenters. The third-order valence-electron chi connectivity index (χ3n) is 2.46. The van der Waals surface area contributed by atoms with Gasteiger partial charge in [-0.05, 0) is 18.2 Å². The van der Waals surface area contributed by atoms with Crippen molar-refractivity contribution in [1.82, 2.24) is 4.57 Å². The van der Waals surface area contributed by atoms with E-state index in [0.717, 1.165) is 10.7 Å². The van der Waals surface area contributed by atoms with Crippen LogP contribution in [0.4, 0.5) is 5.00 Å². The van der Waals surface area contributed by atoms with Gasteiger partial charge in [-0.2, -0.15) is 0 Å². The number of hydrogen-bond donors (Lipinski definition) is 1. The summed E-state index contributed by atoms with van der Waals surface area (Å²) in [5.41, 5.74) is 7.14. The molecule has 0 atom stereocenters. The Hall–Kier alpha value is -1.74. The standard InChI is InChI=1S/C12H10N2S/c13-12-11(14-7-3-4-8-14)9-5-1-2-6-10(9)15-12/h1-8H,13H2. The molecule has 0 aliphatic carbocycles. The van der Waals surface area contributed by atoms with Gasteiger partial charge in [-0.15, -0.1) is 11.3 Å². The van der Waals surface area contributed by atoms with Crippen LogP contribution in [0, 0.1) is 0 Å². The van der Waals surface area contributed by atoms with E-state index in [1.165, 1.54) is 10.1 Å². The number of nitrogen functional groups attached to an aromatic ring is 1. The number of hydrogen-bond acceptors (Lipinski definition) is 2. The quantitative estimate of drug-likeness (QED) is 0.662. The van der Waals surface area contributed by atoms with Gasteiger partial charge in [-0.1, -0.05) is 18.2 Å². The van der Waals surface area contributed by atoms with Crippen molar-refractivity contribution in [2.24, 2.45) is 0 Å². The fourth-order valence-electron chi connectivity index (χ4n) is 1.80. The normalized spacial score (nSPS) is 10.9. The minimum absolute atomic E-state index is 0.868. The summed E-state index contributed by atoms with van der Waals surface area (Å²) in [5, 5.41) is 2.09. The van der Waals surface area contributed by atoms with Crippen molar-refractivity contribution in [3.8, 4) is 5.69 Å². The summed E-state index contributed by atoms with van der Waals surface area (Å²) >= 11 is 1.63. The summed E-state index contributed by atoms with van der Waals surface area (Å²) in [6, 6.07) is 12.3. The summed E-state index contributed by atoms with van der Waals surface area (Å²) in [6.45, 7) is 0. The predicted octanol–water partition coefficient (Wildman–Crippen LogP) is 3.27. The highest BCUT2D eigenvalue weighted by Gasteiger charge is 2.09. The molecule has 2 nitrogen and oxygen atoms in total. The van der Waals surface area contributed by atoms with Gasteiger partial charge in [0.2, 0.25) is 0 Å². The van der Waals surface area contributed by atoms with Crippen LogP contribution in [0.2, 0.25) is 0 Å². The maximum absolute atomic E-state index is 6.04. The maximum atomic E-state index is 6.04. The van der Waals surface area contributed by atoms with E-state index in [1.54, 1.807) is 11.3 Å². The first-order valence-electron chi connectivity index (χ1n) is 4.76. The second-order valence-electron chi connectivity index (χ2n) is 3.40. The van der Waals surface area contributed by atoms with E-state index in [-0.39, 0.29) is 0 Å². The number of nitrogens with zero attached hydrogens (tertiary/aromatic N) is 1. The van der Waals surface area contributed by atoms with E-state index in [9.17, 15) is 0 Å². The monoisotopic (exact) mass is 214 g/mol. The fraction of sp³-hybridized carbons (Fsp3) is 0. The van der Waals surface area contributed by atoms with Crippen LogP contribution in [0.1, 0.15) is 0 Å². The van der Waals surface area contributed by atoms with Gasteiger partial charge in [0.1, 0.15) is 5.00 Å². The molecule has 3 heteroatoms. The Morgan fingerprint density at radius 2 is 1.73 bits per heavy atom. The van der Waals surface area contributed by atoms with Gasteiger partial charge in [0.15, 0.2) is 0 Å². The van der Waals surface area contributed by atoms with Gasteiger partial charge >= 0.3 is 0 Å². The Morgan fingerprint density at radius 1 is 1.00 bits per heavy atom. The highest BCUT2D eigenvalue weighted by atomic mass is 32.1. The Bertz CT molecular complexity index is 593. The zero-order valence-electron chi connectivity index (χ0n) is 8.05. The van der Waals surface area contributed by atoms with Gasteiger partial charge in [-0.3, -0.25) is 0 Å². The van der Waals surface area contributed by atoms with Crippen LogP contribution in [-0.2, 0) is 0 Å². The first-order valence-corrected chi connectivity index (χ1v) is 5.58. The number of benzene rings is 1. The van der Waals surface area contributed by atoms with E-state index >= 15 is 0 Å². The summed E-state index contributed by atoms with van der Waals surface area (Å²) in [4.78, 5) is 0. The number of thiophene rings is 1. The summed E-state index contributed by atoms with van der Waals surface area (Å²) < 4.78 is 3.30. The molecule has 2 heterocycles. The lowest BCUT2D eigenvalue weighted by atomic mass is 10.2. The molecule has 2 N–H and O–H groups in total. The third-order valence-corrected chi connectivity index (χ3v) is 3.45. The fourth-order valence-corrected chi connectivity index (χ4v) is 2.77. The van der Waals surface area contributed by atoms with Crippen LogP contribution in [0.15, 0.2) is 48.8 Å². The Morgan fingerprint density at radius 3 is 2.53 bits per heavy atom. The van der Waals surface area contributed by atoms with Crippen LogP contribution >= 0.6 is 11.3 Å². The van der Waals surface area contributed by atoms with Gasteiger partial charge in [0.25, 0.3) is 0 Å². The van der Waals surface area contributed by atoms with E-state index < -0.39 is 0 Å². The molecule has 0 bridgehead atoms. The SMILES string of the molecule is Nc1sc2ccccc2c1-n1cccc1. The molecule has 3 rings (SSSR count). The van der Waals surface area contributed by atoms with Crippen molar-refractivity contribution >= 4 is 26.4 Å². The minimum Gasteiger partial charge on any atom is -0.389 e. The lowest BCUT2D eigenvalue weighted by Gasteiger charge is -2.01. The third kappa shape index (κ3) is 1.24. The number of aromatic nitrogens is 1. The summed E-state index contributed by atoms with van der Waals surface area (Å²) in [5.74, 6) is 0. The highest BCUT2D eigenvalue weighted by Crippen LogP contribution is 2.35. The van der Waals surface area contributed by atoms with Gasteiger partial charge in [0.05, 0.1) is 5.69 Å². The van der Waals surface area contributed by atoms with Crippen molar-refractivity contribution in [2.45, 2.75) is 0 Å². The molecule has 0 aliphatic rings. The molecule has 1 aromatic carbocycles. The molecule has 74 valence electrons. The van der Waals surface area contributed by atoms with Crippen LogP contribution < -0.4 is 5.73 Å². The molecule has 0 spiro atoms. The molecule has 0 aliphatic heterocycles. The topological polar surface area (TPSA) is 30.9 Å². The Balaban J connectivity index is 2.39. The first-order chi connectivity index (χ1) is 7.36. The minimum atomic E-state index is 0.868. The molecule has 0 radical (unpaired) electrons. The van der Waals surface area contributed by atoms with Crippen molar-refractivity contribution in [2.75, 3.05) is 5.73 Å². The number of rotatable bonds is 1. The molecule has 3 aromatic rings. The molecule has 0 amide bonds. The van der Waals surface area contributed by atoms with Crippen LogP contribution in [-0.4, -0.2) is 4.57 Å².